The smallest absolute Gasteiger partial charge is 0.325 e. The molecule has 2 aromatic rings. The monoisotopic (exact) mass is 327 g/mol. The zero-order valence-corrected chi connectivity index (χ0v) is 13.0. The van der Waals surface area contributed by atoms with Gasteiger partial charge in [0.15, 0.2) is 5.69 Å². The molecule has 1 aromatic heterocycles. The molecule has 2 aliphatic rings. The summed E-state index contributed by atoms with van der Waals surface area (Å²) in [5.74, 6) is -0.595. The molecule has 2 N–H and O–H groups in total. The molecular weight excluding hydrogens is 310 g/mol. The van der Waals surface area contributed by atoms with Crippen molar-refractivity contribution in [1.29, 1.82) is 0 Å². The molecule has 24 heavy (non-hydrogen) atoms. The summed E-state index contributed by atoms with van der Waals surface area (Å²) < 4.78 is 7.13. The number of anilines is 1. The molecule has 0 radical (unpaired) electrons. The lowest BCUT2D eigenvalue weighted by Gasteiger charge is -2.36. The quantitative estimate of drug-likeness (QED) is 0.836. The summed E-state index contributed by atoms with van der Waals surface area (Å²) >= 11 is 0. The van der Waals surface area contributed by atoms with Gasteiger partial charge in [-0.05, 0) is 12.1 Å². The number of morpholine rings is 1. The second-order valence-corrected chi connectivity index (χ2v) is 5.73. The molecule has 1 aromatic carbocycles. The number of urea groups is 1. The van der Waals surface area contributed by atoms with Crippen LogP contribution in [0.1, 0.15) is 16.2 Å². The minimum absolute atomic E-state index is 0.103. The highest BCUT2D eigenvalue weighted by Crippen LogP contribution is 2.33. The largest absolute Gasteiger partial charge is 0.378 e. The number of nitrogens with zero attached hydrogens (tertiary/aromatic N) is 4. The van der Waals surface area contributed by atoms with Crippen molar-refractivity contribution in [2.45, 2.75) is 6.54 Å². The van der Waals surface area contributed by atoms with Gasteiger partial charge in [0, 0.05) is 13.1 Å². The van der Waals surface area contributed by atoms with Crippen molar-refractivity contribution in [2.75, 3.05) is 31.2 Å². The average molecular weight is 327 g/mol. The third-order valence-electron chi connectivity index (χ3n) is 4.35. The summed E-state index contributed by atoms with van der Waals surface area (Å²) in [5, 5.41) is 0. The summed E-state index contributed by atoms with van der Waals surface area (Å²) in [6.45, 7) is 2.43. The van der Waals surface area contributed by atoms with Gasteiger partial charge >= 0.3 is 6.03 Å². The van der Waals surface area contributed by atoms with Gasteiger partial charge in [-0.25, -0.2) is 9.78 Å². The van der Waals surface area contributed by atoms with Crippen LogP contribution in [0.5, 0.6) is 0 Å². The lowest BCUT2D eigenvalue weighted by atomic mass is 10.1. The standard InChI is InChI=1S/C16H17N5O3/c17-15(22)14-13-9-20(16(23)19-5-7-24-8-6-19)11-3-1-2-4-12(11)21(13)10-18-14/h1-4,10H,5-9H2,(H2,17,22). The lowest BCUT2D eigenvalue weighted by Crippen LogP contribution is -2.49. The molecule has 0 spiro atoms. The van der Waals surface area contributed by atoms with Gasteiger partial charge < -0.3 is 15.4 Å². The Bertz CT molecular complexity index is 810. The number of para-hydroxylation sites is 2. The Morgan fingerprint density at radius 1 is 1.12 bits per heavy atom. The van der Waals surface area contributed by atoms with Crippen molar-refractivity contribution in [1.82, 2.24) is 14.5 Å². The fourth-order valence-electron chi connectivity index (χ4n) is 3.17. The highest BCUT2D eigenvalue weighted by Gasteiger charge is 2.32. The number of amides is 3. The number of imidazole rings is 1. The van der Waals surface area contributed by atoms with E-state index >= 15 is 0 Å². The van der Waals surface area contributed by atoms with E-state index in [-0.39, 0.29) is 18.3 Å². The first-order chi connectivity index (χ1) is 11.7. The molecule has 124 valence electrons. The van der Waals surface area contributed by atoms with E-state index in [2.05, 4.69) is 4.98 Å². The molecule has 0 bridgehead atoms. The summed E-state index contributed by atoms with van der Waals surface area (Å²) in [6.07, 6.45) is 1.57. The van der Waals surface area contributed by atoms with Gasteiger partial charge in [0.05, 0.1) is 36.8 Å². The molecule has 0 saturated carbocycles. The van der Waals surface area contributed by atoms with E-state index in [4.69, 9.17) is 10.5 Å². The van der Waals surface area contributed by atoms with Gasteiger partial charge in [-0.15, -0.1) is 0 Å². The predicted molar refractivity (Wildman–Crippen MR) is 86.1 cm³/mol. The van der Waals surface area contributed by atoms with Gasteiger partial charge in [-0.1, -0.05) is 12.1 Å². The zero-order chi connectivity index (χ0) is 16.7. The van der Waals surface area contributed by atoms with Gasteiger partial charge in [-0.2, -0.15) is 0 Å². The second-order valence-electron chi connectivity index (χ2n) is 5.73. The van der Waals surface area contributed by atoms with E-state index in [9.17, 15) is 9.59 Å². The van der Waals surface area contributed by atoms with Crippen molar-refractivity contribution in [2.24, 2.45) is 5.73 Å². The first-order valence-corrected chi connectivity index (χ1v) is 7.76. The van der Waals surface area contributed by atoms with Gasteiger partial charge in [0.1, 0.15) is 6.33 Å². The normalized spacial score (nSPS) is 16.5. The van der Waals surface area contributed by atoms with E-state index in [1.807, 2.05) is 28.8 Å². The van der Waals surface area contributed by atoms with E-state index in [0.717, 1.165) is 11.4 Å². The Morgan fingerprint density at radius 3 is 2.54 bits per heavy atom. The Hall–Kier alpha value is -2.87. The summed E-state index contributed by atoms with van der Waals surface area (Å²) in [6, 6.07) is 7.45. The molecule has 0 atom stereocenters. The number of carbonyl (C=O) groups excluding carboxylic acids is 2. The van der Waals surface area contributed by atoms with Crippen molar-refractivity contribution >= 4 is 17.6 Å². The number of aromatic nitrogens is 2. The number of fused-ring (bicyclic) bond motifs is 3. The number of carbonyl (C=O) groups is 2. The molecule has 1 fully saturated rings. The molecule has 2 aliphatic heterocycles. The highest BCUT2D eigenvalue weighted by atomic mass is 16.5. The third kappa shape index (κ3) is 2.23. The maximum atomic E-state index is 13.0. The Labute approximate surface area is 138 Å². The van der Waals surface area contributed by atoms with Crippen LogP contribution in [0.25, 0.3) is 5.69 Å². The van der Waals surface area contributed by atoms with Crippen LogP contribution < -0.4 is 10.6 Å². The molecule has 8 heteroatoms. The van der Waals surface area contributed by atoms with E-state index < -0.39 is 5.91 Å². The summed E-state index contributed by atoms with van der Waals surface area (Å²) in [5.41, 5.74) is 7.84. The van der Waals surface area contributed by atoms with Crippen LogP contribution in [0.4, 0.5) is 10.5 Å². The van der Waals surface area contributed by atoms with Crippen LogP contribution in [-0.4, -0.2) is 52.7 Å². The van der Waals surface area contributed by atoms with Crippen LogP contribution in [0.3, 0.4) is 0 Å². The van der Waals surface area contributed by atoms with Crippen LogP contribution in [0.15, 0.2) is 30.6 Å². The number of hydrogen-bond acceptors (Lipinski definition) is 4. The predicted octanol–water partition coefficient (Wildman–Crippen LogP) is 0.743. The molecule has 3 amide bonds. The van der Waals surface area contributed by atoms with Crippen molar-refractivity contribution in [3.63, 3.8) is 0 Å². The van der Waals surface area contributed by atoms with E-state index in [1.165, 1.54) is 0 Å². The van der Waals surface area contributed by atoms with Crippen LogP contribution in [0, 0.1) is 0 Å². The van der Waals surface area contributed by atoms with Crippen LogP contribution >= 0.6 is 0 Å². The number of nitrogens with two attached hydrogens (primary N) is 1. The van der Waals surface area contributed by atoms with Crippen molar-refractivity contribution < 1.29 is 14.3 Å². The fourth-order valence-corrected chi connectivity index (χ4v) is 3.17. The van der Waals surface area contributed by atoms with Gasteiger partial charge in [-0.3, -0.25) is 14.3 Å². The van der Waals surface area contributed by atoms with Crippen LogP contribution in [-0.2, 0) is 11.3 Å². The van der Waals surface area contributed by atoms with Gasteiger partial charge in [0.2, 0.25) is 0 Å². The Morgan fingerprint density at radius 2 is 1.83 bits per heavy atom. The Balaban J connectivity index is 1.77. The molecule has 1 saturated heterocycles. The maximum Gasteiger partial charge on any atom is 0.325 e. The number of benzene rings is 1. The summed E-state index contributed by atoms with van der Waals surface area (Å²) in [4.78, 5) is 32.2. The molecule has 3 heterocycles. The van der Waals surface area contributed by atoms with Crippen LogP contribution in [0.2, 0.25) is 0 Å². The van der Waals surface area contributed by atoms with E-state index in [0.29, 0.717) is 32.0 Å². The first kappa shape index (κ1) is 14.7. The molecule has 0 unspecified atom stereocenters. The molecule has 8 nitrogen and oxygen atoms in total. The maximum absolute atomic E-state index is 13.0. The summed E-state index contributed by atoms with van der Waals surface area (Å²) in [7, 11) is 0. The molecule has 0 aliphatic carbocycles. The first-order valence-electron chi connectivity index (χ1n) is 7.76. The molecule has 4 rings (SSSR count). The Kier molecular flexibility index (Phi) is 3.46. The number of primary amides is 1. The third-order valence-corrected chi connectivity index (χ3v) is 4.35. The SMILES string of the molecule is NC(=O)c1ncn2c1CN(C(=O)N1CCOCC1)c1ccccc1-2. The zero-order valence-electron chi connectivity index (χ0n) is 13.0. The number of hydrogen-bond donors (Lipinski definition) is 1. The van der Waals surface area contributed by atoms with Crippen molar-refractivity contribution in [3.8, 4) is 5.69 Å². The molecular formula is C16H17N5O3. The second kappa shape index (κ2) is 5.64. The van der Waals surface area contributed by atoms with Gasteiger partial charge in [0.25, 0.3) is 5.91 Å². The van der Waals surface area contributed by atoms with Crippen molar-refractivity contribution in [3.05, 3.63) is 42.0 Å². The van der Waals surface area contributed by atoms with E-state index in [1.54, 1.807) is 16.1 Å². The minimum atomic E-state index is -0.595. The number of rotatable bonds is 1. The lowest BCUT2D eigenvalue weighted by molar-refractivity contribution is 0.0547. The highest BCUT2D eigenvalue weighted by molar-refractivity contribution is 5.97. The fraction of sp³-hybridized carbons (Fsp3) is 0.312. The minimum Gasteiger partial charge on any atom is -0.378 e. The number of ether oxygens (including phenoxy) is 1. The topological polar surface area (TPSA) is 93.7 Å². The average Bonchev–Trinajstić information content (AvgIpc) is 3.05.